The van der Waals surface area contributed by atoms with Gasteiger partial charge in [0.1, 0.15) is 0 Å². The molecule has 0 aliphatic carbocycles. The van der Waals surface area contributed by atoms with Crippen molar-refractivity contribution in [3.8, 4) is 0 Å². The van der Waals surface area contributed by atoms with Crippen molar-refractivity contribution in [2.45, 2.75) is 17.7 Å². The first-order valence-corrected chi connectivity index (χ1v) is 8.09. The minimum absolute atomic E-state index is 0.0850. The highest BCUT2D eigenvalue weighted by atomic mass is 35.5. The first-order chi connectivity index (χ1) is 9.68. The smallest absolute Gasteiger partial charge is 0.162 e. The van der Waals surface area contributed by atoms with Gasteiger partial charge in [-0.1, -0.05) is 54.1 Å². The van der Waals surface area contributed by atoms with Crippen LogP contribution in [0.1, 0.15) is 23.2 Å². The third-order valence-electron chi connectivity index (χ3n) is 2.91. The van der Waals surface area contributed by atoms with Gasteiger partial charge < -0.3 is 0 Å². The fourth-order valence-corrected chi connectivity index (χ4v) is 3.41. The van der Waals surface area contributed by atoms with Crippen molar-refractivity contribution in [2.75, 3.05) is 5.75 Å². The van der Waals surface area contributed by atoms with Crippen LogP contribution in [0, 0.1) is 0 Å². The minimum Gasteiger partial charge on any atom is -0.294 e. The summed E-state index contributed by atoms with van der Waals surface area (Å²) in [5.74, 6) is 0.532. The molecule has 0 fully saturated rings. The molecular formula is C16H15ClO2S. The van der Waals surface area contributed by atoms with Gasteiger partial charge in [-0.15, -0.1) is 0 Å². The van der Waals surface area contributed by atoms with Crippen molar-refractivity contribution < 1.29 is 9.00 Å². The van der Waals surface area contributed by atoms with Crippen LogP contribution >= 0.6 is 11.6 Å². The fourth-order valence-electron chi connectivity index (χ4n) is 1.87. The molecule has 1 unspecified atom stereocenters. The van der Waals surface area contributed by atoms with Crippen LogP contribution in [0.5, 0.6) is 0 Å². The molecule has 0 N–H and O–H groups in total. The molecule has 0 radical (unpaired) electrons. The average molecular weight is 307 g/mol. The summed E-state index contributed by atoms with van der Waals surface area (Å²) < 4.78 is 12.1. The zero-order valence-corrected chi connectivity index (χ0v) is 12.5. The predicted octanol–water partition coefficient (Wildman–Crippen LogP) is 4.11. The monoisotopic (exact) mass is 306 g/mol. The van der Waals surface area contributed by atoms with Gasteiger partial charge in [0, 0.05) is 17.7 Å². The zero-order valence-electron chi connectivity index (χ0n) is 10.9. The van der Waals surface area contributed by atoms with E-state index in [2.05, 4.69) is 0 Å². The molecule has 1 atom stereocenters. The summed E-state index contributed by atoms with van der Waals surface area (Å²) >= 11 is 6.00. The maximum Gasteiger partial charge on any atom is 0.162 e. The summed E-state index contributed by atoms with van der Waals surface area (Å²) in [5, 5.41) is 0.514. The lowest BCUT2D eigenvalue weighted by Crippen LogP contribution is -2.04. The van der Waals surface area contributed by atoms with Gasteiger partial charge in [-0.2, -0.15) is 0 Å². The van der Waals surface area contributed by atoms with E-state index in [1.807, 2.05) is 30.3 Å². The Morgan fingerprint density at radius 3 is 2.35 bits per heavy atom. The summed E-state index contributed by atoms with van der Waals surface area (Å²) in [4.78, 5) is 12.5. The lowest BCUT2D eigenvalue weighted by atomic mass is 10.1. The van der Waals surface area contributed by atoms with E-state index in [-0.39, 0.29) is 5.78 Å². The number of hydrogen-bond acceptors (Lipinski definition) is 2. The van der Waals surface area contributed by atoms with Crippen molar-refractivity contribution in [1.82, 2.24) is 0 Å². The Morgan fingerprint density at radius 1 is 1.00 bits per heavy atom. The van der Waals surface area contributed by atoms with E-state index in [1.165, 1.54) is 0 Å². The normalized spacial score (nSPS) is 12.1. The lowest BCUT2D eigenvalue weighted by molar-refractivity contribution is 0.0982. The second-order valence-electron chi connectivity index (χ2n) is 4.37. The minimum atomic E-state index is -1.15. The van der Waals surface area contributed by atoms with Gasteiger partial charge in [-0.3, -0.25) is 9.00 Å². The zero-order chi connectivity index (χ0) is 14.4. The summed E-state index contributed by atoms with van der Waals surface area (Å²) in [6.07, 6.45) is 0.992. The van der Waals surface area contributed by atoms with Crippen LogP contribution in [0.3, 0.4) is 0 Å². The molecule has 0 aliphatic rings. The Hall–Kier alpha value is -1.45. The van der Waals surface area contributed by atoms with Gasteiger partial charge in [-0.25, -0.2) is 0 Å². The van der Waals surface area contributed by atoms with Crippen LogP contribution in [0.2, 0.25) is 5.02 Å². The third-order valence-corrected chi connectivity index (χ3v) is 4.86. The molecule has 2 aromatic carbocycles. The number of benzene rings is 2. The third kappa shape index (κ3) is 4.02. The summed E-state index contributed by atoms with van der Waals surface area (Å²) in [6.45, 7) is 0. The molecule has 0 aliphatic heterocycles. The molecule has 0 bridgehead atoms. The Balaban J connectivity index is 1.86. The van der Waals surface area contributed by atoms with Crippen molar-refractivity contribution in [3.63, 3.8) is 0 Å². The largest absolute Gasteiger partial charge is 0.294 e. The van der Waals surface area contributed by atoms with Crippen molar-refractivity contribution >= 4 is 28.2 Å². The molecule has 4 heteroatoms. The SMILES string of the molecule is O=C(CCCS(=O)c1ccccc1Cl)c1ccccc1. The number of ketones is 1. The van der Waals surface area contributed by atoms with E-state index in [1.54, 1.807) is 24.3 Å². The van der Waals surface area contributed by atoms with Gasteiger partial charge >= 0.3 is 0 Å². The summed E-state index contributed by atoms with van der Waals surface area (Å²) in [7, 11) is -1.15. The summed E-state index contributed by atoms with van der Waals surface area (Å²) in [5.41, 5.74) is 0.705. The highest BCUT2D eigenvalue weighted by molar-refractivity contribution is 7.85. The summed E-state index contributed by atoms with van der Waals surface area (Å²) in [6, 6.07) is 16.3. The topological polar surface area (TPSA) is 34.1 Å². The van der Waals surface area contributed by atoms with Gasteiger partial charge in [0.15, 0.2) is 5.78 Å². The Bertz CT molecular complexity index is 611. The Kier molecular flexibility index (Phi) is 5.50. The van der Waals surface area contributed by atoms with Crippen LogP contribution in [-0.2, 0) is 10.8 Å². The van der Waals surface area contributed by atoms with Gasteiger partial charge in [0.25, 0.3) is 0 Å². The first kappa shape index (κ1) is 14.9. The molecule has 0 amide bonds. The number of carbonyl (C=O) groups is 1. The van der Waals surface area contributed by atoms with Crippen molar-refractivity contribution in [2.24, 2.45) is 0 Å². The molecule has 104 valence electrons. The molecule has 2 aromatic rings. The molecule has 20 heavy (non-hydrogen) atoms. The van der Waals surface area contributed by atoms with Crippen LogP contribution in [0.15, 0.2) is 59.5 Å². The number of carbonyl (C=O) groups excluding carboxylic acids is 1. The molecular weight excluding hydrogens is 292 g/mol. The molecule has 0 spiro atoms. The van der Waals surface area contributed by atoms with Gasteiger partial charge in [0.05, 0.1) is 20.7 Å². The number of hydrogen-bond donors (Lipinski definition) is 0. The predicted molar refractivity (Wildman–Crippen MR) is 82.7 cm³/mol. The highest BCUT2D eigenvalue weighted by Crippen LogP contribution is 2.19. The Morgan fingerprint density at radius 2 is 1.65 bits per heavy atom. The van der Waals surface area contributed by atoms with Crippen molar-refractivity contribution in [3.05, 3.63) is 65.2 Å². The van der Waals surface area contributed by atoms with Gasteiger partial charge in [0.2, 0.25) is 0 Å². The molecule has 0 saturated heterocycles. The maximum atomic E-state index is 12.1. The lowest BCUT2D eigenvalue weighted by Gasteiger charge is -2.04. The Labute approximate surface area is 126 Å². The quantitative estimate of drug-likeness (QED) is 0.753. The van der Waals surface area contributed by atoms with Crippen LogP contribution < -0.4 is 0 Å². The molecule has 0 aromatic heterocycles. The molecule has 0 heterocycles. The van der Waals surface area contributed by atoms with Gasteiger partial charge in [-0.05, 0) is 18.6 Å². The van der Waals surface area contributed by atoms with Crippen molar-refractivity contribution in [1.29, 1.82) is 0 Å². The maximum absolute atomic E-state index is 12.1. The number of halogens is 1. The van der Waals surface area contributed by atoms with E-state index in [4.69, 9.17) is 11.6 Å². The first-order valence-electron chi connectivity index (χ1n) is 6.39. The number of rotatable bonds is 6. The van der Waals surface area contributed by atoms with Crippen LogP contribution in [0.4, 0.5) is 0 Å². The number of Topliss-reactive ketones (excluding diaryl/α,β-unsaturated/α-hetero) is 1. The van der Waals surface area contributed by atoms with E-state index in [0.29, 0.717) is 34.1 Å². The molecule has 0 saturated carbocycles. The standard InChI is InChI=1S/C16H15ClO2S/c17-14-9-4-5-11-16(14)20(19)12-6-10-15(18)13-7-2-1-3-8-13/h1-5,7-9,11H,6,10,12H2. The fraction of sp³-hybridized carbons (Fsp3) is 0.188. The molecule has 2 rings (SSSR count). The van der Waals surface area contributed by atoms with E-state index >= 15 is 0 Å². The van der Waals surface area contributed by atoms with Crippen LogP contribution in [0.25, 0.3) is 0 Å². The van der Waals surface area contributed by atoms with Crippen LogP contribution in [-0.4, -0.2) is 15.7 Å². The van der Waals surface area contributed by atoms with E-state index < -0.39 is 10.8 Å². The van der Waals surface area contributed by atoms with E-state index in [0.717, 1.165) is 0 Å². The second-order valence-corrected chi connectivity index (χ2v) is 6.32. The second kappa shape index (κ2) is 7.36. The van der Waals surface area contributed by atoms with E-state index in [9.17, 15) is 9.00 Å². The highest BCUT2D eigenvalue weighted by Gasteiger charge is 2.10. The average Bonchev–Trinajstić information content (AvgIpc) is 2.48. The molecule has 2 nitrogen and oxygen atoms in total.